The van der Waals surface area contributed by atoms with Crippen LogP contribution >= 0.6 is 0 Å². The maximum absolute atomic E-state index is 12.3. The molecule has 0 aromatic carbocycles. The van der Waals surface area contributed by atoms with Crippen LogP contribution in [0, 0.1) is 0 Å². The Morgan fingerprint density at radius 1 is 1.32 bits per heavy atom. The molecule has 7 heteroatoms. The van der Waals surface area contributed by atoms with Crippen LogP contribution < -0.4 is 10.6 Å². The Morgan fingerprint density at radius 2 is 2.24 bits per heavy atom. The molecule has 1 fully saturated rings. The van der Waals surface area contributed by atoms with Crippen LogP contribution in [-0.4, -0.2) is 38.2 Å². The number of anilines is 1. The number of hydrogen-bond donors (Lipinski definition) is 2. The maximum Gasteiger partial charge on any atom is 0.242 e. The Kier molecular flexibility index (Phi) is 4.15. The predicted octanol–water partition coefficient (Wildman–Crippen LogP) is 2.11. The summed E-state index contributed by atoms with van der Waals surface area (Å²) in [4.78, 5) is 21.4. The number of hydrogen-bond acceptors (Lipinski definition) is 5. The first-order valence-electron chi connectivity index (χ1n) is 8.49. The van der Waals surface area contributed by atoms with Crippen LogP contribution in [0.5, 0.6) is 0 Å². The van der Waals surface area contributed by atoms with E-state index in [1.807, 2.05) is 31.4 Å². The summed E-state index contributed by atoms with van der Waals surface area (Å²) in [6, 6.07) is 5.61. The molecule has 1 amide bonds. The van der Waals surface area contributed by atoms with E-state index in [0.29, 0.717) is 5.82 Å². The van der Waals surface area contributed by atoms with Gasteiger partial charge in [0.2, 0.25) is 5.91 Å². The van der Waals surface area contributed by atoms with Crippen molar-refractivity contribution in [3.8, 4) is 11.3 Å². The van der Waals surface area contributed by atoms with Gasteiger partial charge in [0.1, 0.15) is 5.82 Å². The van der Waals surface area contributed by atoms with E-state index in [-0.39, 0.29) is 11.9 Å². The van der Waals surface area contributed by atoms with Crippen molar-refractivity contribution in [2.75, 3.05) is 11.9 Å². The maximum atomic E-state index is 12.3. The highest BCUT2D eigenvalue weighted by Crippen LogP contribution is 2.21. The van der Waals surface area contributed by atoms with E-state index in [0.717, 1.165) is 48.0 Å². The van der Waals surface area contributed by atoms with E-state index in [2.05, 4.69) is 25.7 Å². The Hall–Kier alpha value is -2.80. The number of pyridine rings is 2. The van der Waals surface area contributed by atoms with Crippen molar-refractivity contribution >= 4 is 22.6 Å². The Morgan fingerprint density at radius 3 is 3.00 bits per heavy atom. The van der Waals surface area contributed by atoms with Crippen molar-refractivity contribution < 1.29 is 4.79 Å². The molecule has 2 N–H and O–H groups in total. The largest absolute Gasteiger partial charge is 0.309 e. The van der Waals surface area contributed by atoms with Gasteiger partial charge in [-0.3, -0.25) is 9.48 Å². The van der Waals surface area contributed by atoms with Gasteiger partial charge in [-0.05, 0) is 31.5 Å². The molecule has 3 aromatic rings. The fourth-order valence-corrected chi connectivity index (χ4v) is 3.09. The molecule has 0 radical (unpaired) electrons. The molecule has 0 spiro atoms. The van der Waals surface area contributed by atoms with E-state index in [4.69, 9.17) is 0 Å². The molecular formula is C18H20N6O. The molecule has 0 aliphatic carbocycles. The fourth-order valence-electron chi connectivity index (χ4n) is 3.09. The van der Waals surface area contributed by atoms with E-state index in [9.17, 15) is 4.79 Å². The number of carbonyl (C=O) groups is 1. The summed E-state index contributed by atoms with van der Waals surface area (Å²) < 4.78 is 1.75. The van der Waals surface area contributed by atoms with Crippen LogP contribution in [0.2, 0.25) is 0 Å². The van der Waals surface area contributed by atoms with Crippen molar-refractivity contribution in [1.29, 1.82) is 0 Å². The molecule has 25 heavy (non-hydrogen) atoms. The number of aryl methyl sites for hydroxylation is 1. The van der Waals surface area contributed by atoms with Crippen LogP contribution in [-0.2, 0) is 11.8 Å². The van der Waals surface area contributed by atoms with Crippen LogP contribution in [0.25, 0.3) is 22.2 Å². The molecular weight excluding hydrogens is 316 g/mol. The predicted molar refractivity (Wildman–Crippen MR) is 96.0 cm³/mol. The fraction of sp³-hybridized carbons (Fsp3) is 0.333. The van der Waals surface area contributed by atoms with E-state index in [1.54, 1.807) is 17.1 Å². The van der Waals surface area contributed by atoms with E-state index in [1.165, 1.54) is 0 Å². The SMILES string of the molecule is Cn1cc(-c2ccc3cnc(NC(=O)C4CCCCN4)cc3n2)cn1. The van der Waals surface area contributed by atoms with Crippen LogP contribution in [0.1, 0.15) is 19.3 Å². The number of piperidine rings is 1. The Balaban J connectivity index is 1.59. The molecule has 3 aromatic heterocycles. The van der Waals surface area contributed by atoms with Crippen molar-refractivity contribution in [3.63, 3.8) is 0 Å². The second-order valence-corrected chi connectivity index (χ2v) is 6.35. The zero-order valence-electron chi connectivity index (χ0n) is 14.1. The summed E-state index contributed by atoms with van der Waals surface area (Å²) in [6.45, 7) is 0.888. The van der Waals surface area contributed by atoms with E-state index < -0.39 is 0 Å². The van der Waals surface area contributed by atoms with Gasteiger partial charge in [-0.2, -0.15) is 5.10 Å². The van der Waals surface area contributed by atoms with Crippen LogP contribution in [0.4, 0.5) is 5.82 Å². The van der Waals surface area contributed by atoms with Crippen molar-refractivity contribution in [1.82, 2.24) is 25.1 Å². The standard InChI is InChI=1S/C18H20N6O/c1-24-11-13(10-21-24)14-6-5-12-9-20-17(8-16(12)22-14)23-18(25)15-4-2-3-7-19-15/h5-6,8-11,15,19H,2-4,7H2,1H3,(H,20,23,25). The highest BCUT2D eigenvalue weighted by molar-refractivity contribution is 5.95. The third-order valence-corrected chi connectivity index (χ3v) is 4.45. The van der Waals surface area contributed by atoms with Crippen LogP contribution in [0.3, 0.4) is 0 Å². The Bertz CT molecular complexity index is 913. The third kappa shape index (κ3) is 3.36. The molecule has 1 aliphatic rings. The quantitative estimate of drug-likeness (QED) is 0.765. The molecule has 4 heterocycles. The highest BCUT2D eigenvalue weighted by Gasteiger charge is 2.20. The molecule has 1 unspecified atom stereocenters. The zero-order valence-corrected chi connectivity index (χ0v) is 14.1. The number of carbonyl (C=O) groups excluding carboxylic acids is 1. The minimum Gasteiger partial charge on any atom is -0.309 e. The molecule has 128 valence electrons. The summed E-state index contributed by atoms with van der Waals surface area (Å²) in [7, 11) is 1.88. The van der Waals surface area contributed by atoms with Gasteiger partial charge in [-0.1, -0.05) is 6.42 Å². The molecule has 1 atom stereocenters. The number of nitrogens with one attached hydrogen (secondary N) is 2. The summed E-state index contributed by atoms with van der Waals surface area (Å²) >= 11 is 0. The summed E-state index contributed by atoms with van der Waals surface area (Å²) in [5.74, 6) is 0.496. The molecule has 0 bridgehead atoms. The van der Waals surface area contributed by atoms with Gasteiger partial charge in [0.25, 0.3) is 0 Å². The third-order valence-electron chi connectivity index (χ3n) is 4.45. The van der Waals surface area contributed by atoms with Crippen LogP contribution in [0.15, 0.2) is 36.8 Å². The number of fused-ring (bicyclic) bond motifs is 1. The first-order valence-corrected chi connectivity index (χ1v) is 8.49. The first kappa shape index (κ1) is 15.7. The topological polar surface area (TPSA) is 84.7 Å². The number of rotatable bonds is 3. The van der Waals surface area contributed by atoms with Gasteiger partial charge in [0.15, 0.2) is 0 Å². The second-order valence-electron chi connectivity index (χ2n) is 6.35. The van der Waals surface area contributed by atoms with Gasteiger partial charge in [-0.25, -0.2) is 9.97 Å². The van der Waals surface area contributed by atoms with Gasteiger partial charge in [0, 0.05) is 36.5 Å². The summed E-state index contributed by atoms with van der Waals surface area (Å²) in [5.41, 5.74) is 2.60. The van der Waals surface area contributed by atoms with Gasteiger partial charge in [-0.15, -0.1) is 0 Å². The smallest absolute Gasteiger partial charge is 0.242 e. The van der Waals surface area contributed by atoms with Gasteiger partial charge >= 0.3 is 0 Å². The average molecular weight is 336 g/mol. The van der Waals surface area contributed by atoms with Gasteiger partial charge < -0.3 is 10.6 Å². The second kappa shape index (κ2) is 6.60. The zero-order chi connectivity index (χ0) is 17.2. The molecule has 1 saturated heterocycles. The van der Waals surface area contributed by atoms with Crippen molar-refractivity contribution in [3.05, 3.63) is 36.8 Å². The first-order chi connectivity index (χ1) is 12.2. The van der Waals surface area contributed by atoms with E-state index >= 15 is 0 Å². The molecule has 7 nitrogen and oxygen atoms in total. The Labute approximate surface area is 145 Å². The minimum atomic E-state index is -0.138. The summed E-state index contributed by atoms with van der Waals surface area (Å²) in [5, 5.41) is 11.3. The lowest BCUT2D eigenvalue weighted by atomic mass is 10.0. The lowest BCUT2D eigenvalue weighted by molar-refractivity contribution is -0.118. The molecule has 0 saturated carbocycles. The number of amides is 1. The normalized spacial score (nSPS) is 17.6. The van der Waals surface area contributed by atoms with Crippen molar-refractivity contribution in [2.24, 2.45) is 7.05 Å². The molecule has 1 aliphatic heterocycles. The highest BCUT2D eigenvalue weighted by atomic mass is 16.2. The lowest BCUT2D eigenvalue weighted by Crippen LogP contribution is -2.43. The monoisotopic (exact) mass is 336 g/mol. The molecule has 4 rings (SSSR count). The number of nitrogens with zero attached hydrogens (tertiary/aromatic N) is 4. The minimum absolute atomic E-state index is 0.0324. The van der Waals surface area contributed by atoms with Crippen molar-refractivity contribution in [2.45, 2.75) is 25.3 Å². The number of aromatic nitrogens is 4. The summed E-state index contributed by atoms with van der Waals surface area (Å²) in [6.07, 6.45) is 8.51. The van der Waals surface area contributed by atoms with Gasteiger partial charge in [0.05, 0.1) is 23.4 Å². The lowest BCUT2D eigenvalue weighted by Gasteiger charge is -2.22. The average Bonchev–Trinajstić information content (AvgIpc) is 3.08.